The number of hydrogen-bond acceptors (Lipinski definition) is 5. The quantitative estimate of drug-likeness (QED) is 0.723. The molecule has 7 heteroatoms. The number of hydrogen-bond donors (Lipinski definition) is 2. The molecule has 2 N–H and O–H groups in total. The van der Waals surface area contributed by atoms with Crippen molar-refractivity contribution in [2.45, 2.75) is 31.3 Å². The predicted molar refractivity (Wildman–Crippen MR) is 90.2 cm³/mol. The van der Waals surface area contributed by atoms with Crippen LogP contribution in [0.1, 0.15) is 32.1 Å². The molecule has 2 rings (SSSR count). The van der Waals surface area contributed by atoms with Gasteiger partial charge in [0.25, 0.3) is 0 Å². The Balaban J connectivity index is 1.88. The van der Waals surface area contributed by atoms with Crippen LogP contribution >= 0.6 is 0 Å². The second kappa shape index (κ2) is 8.32. The number of benzene rings is 1. The van der Waals surface area contributed by atoms with Gasteiger partial charge in [0, 0.05) is 6.54 Å². The molecule has 0 radical (unpaired) electrons. The van der Waals surface area contributed by atoms with Crippen LogP contribution in [0.3, 0.4) is 0 Å². The Labute approximate surface area is 142 Å². The molecule has 0 spiro atoms. The maximum atomic E-state index is 12.2. The number of rotatable bonds is 9. The number of sulfonamides is 1. The van der Waals surface area contributed by atoms with Gasteiger partial charge in [-0.3, -0.25) is 0 Å². The maximum Gasteiger partial charge on any atom is 0.240 e. The second-order valence-electron chi connectivity index (χ2n) is 5.89. The van der Waals surface area contributed by atoms with Crippen molar-refractivity contribution in [2.24, 2.45) is 5.92 Å². The number of ether oxygens (including phenoxy) is 1. The van der Waals surface area contributed by atoms with Gasteiger partial charge in [-0.2, -0.15) is 0 Å². The van der Waals surface area contributed by atoms with Crippen molar-refractivity contribution < 1.29 is 22.7 Å². The van der Waals surface area contributed by atoms with Gasteiger partial charge in [-0.25, -0.2) is 13.1 Å². The van der Waals surface area contributed by atoms with E-state index in [2.05, 4.69) is 4.72 Å². The first-order chi connectivity index (χ1) is 11.4. The summed E-state index contributed by atoms with van der Waals surface area (Å²) in [6, 6.07) is 9.59. The molecule has 1 atom stereocenters. The SMILES string of the molecule is CC(C)COc1ccc(S(=O)(=O)NCC[C@@H](O)c2ccco2)cc1. The Morgan fingerprint density at radius 2 is 1.92 bits per heavy atom. The van der Waals surface area contributed by atoms with Crippen molar-refractivity contribution in [3.8, 4) is 5.75 Å². The summed E-state index contributed by atoms with van der Waals surface area (Å²) in [5.41, 5.74) is 0. The summed E-state index contributed by atoms with van der Waals surface area (Å²) in [5.74, 6) is 1.45. The fourth-order valence-electron chi connectivity index (χ4n) is 2.01. The first-order valence-electron chi connectivity index (χ1n) is 7.82. The Morgan fingerprint density at radius 1 is 1.21 bits per heavy atom. The molecule has 1 aromatic carbocycles. The van der Waals surface area contributed by atoms with E-state index in [4.69, 9.17) is 9.15 Å². The summed E-state index contributed by atoms with van der Waals surface area (Å²) in [5, 5.41) is 9.87. The zero-order valence-corrected chi connectivity index (χ0v) is 14.6. The normalized spacial score (nSPS) is 13.2. The van der Waals surface area contributed by atoms with E-state index in [1.807, 2.05) is 13.8 Å². The zero-order chi connectivity index (χ0) is 17.6. The third-order valence-electron chi connectivity index (χ3n) is 3.30. The van der Waals surface area contributed by atoms with E-state index in [0.717, 1.165) is 0 Å². The topological polar surface area (TPSA) is 88.8 Å². The highest BCUT2D eigenvalue weighted by Crippen LogP contribution is 2.18. The van der Waals surface area contributed by atoms with Crippen LogP contribution in [0.25, 0.3) is 0 Å². The lowest BCUT2D eigenvalue weighted by atomic mass is 10.2. The summed E-state index contributed by atoms with van der Waals surface area (Å²) >= 11 is 0. The van der Waals surface area contributed by atoms with Crippen LogP contribution in [0, 0.1) is 5.92 Å². The Bertz CT molecular complexity index is 708. The first-order valence-corrected chi connectivity index (χ1v) is 9.31. The standard InChI is InChI=1S/C17H23NO5S/c1-13(2)12-23-14-5-7-15(8-6-14)24(20,21)18-10-9-16(19)17-4-3-11-22-17/h3-8,11,13,16,18-19H,9-10,12H2,1-2H3/t16-/m1/s1. The average molecular weight is 353 g/mol. The van der Waals surface area contributed by atoms with E-state index in [0.29, 0.717) is 24.0 Å². The van der Waals surface area contributed by atoms with Gasteiger partial charge in [0.15, 0.2) is 0 Å². The molecule has 0 amide bonds. The molecule has 0 unspecified atom stereocenters. The molecule has 0 bridgehead atoms. The Morgan fingerprint density at radius 3 is 2.50 bits per heavy atom. The summed E-state index contributed by atoms with van der Waals surface area (Å²) in [6.45, 7) is 4.77. The molecule has 0 saturated carbocycles. The molecule has 6 nitrogen and oxygen atoms in total. The highest BCUT2D eigenvalue weighted by atomic mass is 32.2. The van der Waals surface area contributed by atoms with Gasteiger partial charge in [-0.05, 0) is 48.7 Å². The van der Waals surface area contributed by atoms with Gasteiger partial charge in [0.1, 0.15) is 17.6 Å². The summed E-state index contributed by atoms with van der Waals surface area (Å²) < 4.78 is 37.5. The number of aliphatic hydroxyl groups is 1. The number of aliphatic hydroxyl groups excluding tert-OH is 1. The molecular formula is C17H23NO5S. The van der Waals surface area contributed by atoms with Crippen LogP contribution in [-0.4, -0.2) is 26.7 Å². The predicted octanol–water partition coefficient (Wildman–Crippen LogP) is 2.72. The van der Waals surface area contributed by atoms with E-state index in [1.165, 1.54) is 18.4 Å². The van der Waals surface area contributed by atoms with Crippen molar-refractivity contribution in [3.63, 3.8) is 0 Å². The summed E-state index contributed by atoms with van der Waals surface area (Å²) in [7, 11) is -3.62. The summed E-state index contributed by atoms with van der Waals surface area (Å²) in [6.07, 6.45) is 0.850. The third-order valence-corrected chi connectivity index (χ3v) is 4.78. The van der Waals surface area contributed by atoms with Crippen LogP contribution in [0.15, 0.2) is 52.0 Å². The van der Waals surface area contributed by atoms with E-state index >= 15 is 0 Å². The molecule has 1 heterocycles. The van der Waals surface area contributed by atoms with Crippen LogP contribution in [0.2, 0.25) is 0 Å². The highest BCUT2D eigenvalue weighted by molar-refractivity contribution is 7.89. The van der Waals surface area contributed by atoms with Crippen molar-refractivity contribution in [2.75, 3.05) is 13.2 Å². The Kier molecular flexibility index (Phi) is 6.42. The first kappa shape index (κ1) is 18.5. The van der Waals surface area contributed by atoms with Gasteiger partial charge in [0.2, 0.25) is 10.0 Å². The lowest BCUT2D eigenvalue weighted by Crippen LogP contribution is -2.25. The van der Waals surface area contributed by atoms with Crippen molar-refractivity contribution >= 4 is 10.0 Å². The van der Waals surface area contributed by atoms with E-state index < -0.39 is 16.1 Å². The van der Waals surface area contributed by atoms with Crippen LogP contribution in [-0.2, 0) is 10.0 Å². The third kappa shape index (κ3) is 5.36. The van der Waals surface area contributed by atoms with Crippen molar-refractivity contribution in [1.29, 1.82) is 0 Å². The van der Waals surface area contributed by atoms with E-state index in [9.17, 15) is 13.5 Å². The van der Waals surface area contributed by atoms with E-state index in [1.54, 1.807) is 24.3 Å². The fraction of sp³-hybridized carbons (Fsp3) is 0.412. The molecule has 2 aromatic rings. The lowest BCUT2D eigenvalue weighted by Gasteiger charge is -2.11. The molecule has 0 aliphatic carbocycles. The highest BCUT2D eigenvalue weighted by Gasteiger charge is 2.16. The monoisotopic (exact) mass is 353 g/mol. The molecule has 0 saturated heterocycles. The Hall–Kier alpha value is -1.83. The van der Waals surface area contributed by atoms with Crippen molar-refractivity contribution in [3.05, 3.63) is 48.4 Å². The summed E-state index contributed by atoms with van der Waals surface area (Å²) in [4.78, 5) is 0.159. The lowest BCUT2D eigenvalue weighted by molar-refractivity contribution is 0.142. The van der Waals surface area contributed by atoms with Crippen LogP contribution < -0.4 is 9.46 Å². The van der Waals surface area contributed by atoms with Gasteiger partial charge in [-0.15, -0.1) is 0 Å². The number of nitrogens with one attached hydrogen (secondary N) is 1. The van der Waals surface area contributed by atoms with E-state index in [-0.39, 0.29) is 17.9 Å². The van der Waals surface area contributed by atoms with Crippen LogP contribution in [0.4, 0.5) is 0 Å². The second-order valence-corrected chi connectivity index (χ2v) is 7.66. The largest absolute Gasteiger partial charge is 0.493 e. The molecule has 24 heavy (non-hydrogen) atoms. The minimum atomic E-state index is -3.62. The van der Waals surface area contributed by atoms with Crippen LogP contribution in [0.5, 0.6) is 5.75 Å². The minimum Gasteiger partial charge on any atom is -0.493 e. The van der Waals surface area contributed by atoms with Crippen molar-refractivity contribution in [1.82, 2.24) is 4.72 Å². The number of furan rings is 1. The zero-order valence-electron chi connectivity index (χ0n) is 13.8. The molecule has 132 valence electrons. The average Bonchev–Trinajstić information content (AvgIpc) is 3.07. The minimum absolute atomic E-state index is 0.107. The molecule has 0 aliphatic heterocycles. The fourth-order valence-corrected chi connectivity index (χ4v) is 3.06. The molecule has 1 aromatic heterocycles. The molecule has 0 aliphatic rings. The van der Waals surface area contributed by atoms with Gasteiger partial charge in [0.05, 0.1) is 17.8 Å². The molecular weight excluding hydrogens is 330 g/mol. The molecule has 0 fully saturated rings. The maximum absolute atomic E-state index is 12.2. The van der Waals surface area contributed by atoms with Gasteiger partial charge < -0.3 is 14.3 Å². The van der Waals surface area contributed by atoms with Gasteiger partial charge >= 0.3 is 0 Å². The smallest absolute Gasteiger partial charge is 0.240 e. The van der Waals surface area contributed by atoms with Gasteiger partial charge in [-0.1, -0.05) is 13.8 Å².